The molecule has 5 fully saturated rings. The Morgan fingerprint density at radius 2 is 1.48 bits per heavy atom. The van der Waals surface area contributed by atoms with Gasteiger partial charge >= 0.3 is 14.2 Å². The van der Waals surface area contributed by atoms with Crippen molar-refractivity contribution in [2.24, 2.45) is 17.3 Å². The van der Waals surface area contributed by atoms with Crippen molar-refractivity contribution in [2.75, 3.05) is 26.3 Å². The first-order valence-corrected chi connectivity index (χ1v) is 10.9. The van der Waals surface area contributed by atoms with E-state index in [2.05, 4.69) is 53.8 Å². The van der Waals surface area contributed by atoms with Crippen LogP contribution in [0, 0.1) is 17.3 Å². The van der Waals surface area contributed by atoms with Gasteiger partial charge in [0.15, 0.2) is 0 Å². The lowest BCUT2D eigenvalue weighted by Crippen LogP contribution is -2.65. The molecule has 5 aliphatic rings. The molecule has 0 spiro atoms. The van der Waals surface area contributed by atoms with E-state index in [9.17, 15) is 0 Å². The molecular formula is C20H39B2NO4. The van der Waals surface area contributed by atoms with Gasteiger partial charge in [-0.15, -0.1) is 0 Å². The molecule has 0 radical (unpaired) electrons. The fourth-order valence-corrected chi connectivity index (χ4v) is 5.24. The van der Waals surface area contributed by atoms with E-state index in [1.54, 1.807) is 0 Å². The molecule has 154 valence electrons. The van der Waals surface area contributed by atoms with Gasteiger partial charge in [-0.25, -0.2) is 0 Å². The zero-order valence-electron chi connectivity index (χ0n) is 18.4. The van der Waals surface area contributed by atoms with Crippen LogP contribution in [0.15, 0.2) is 0 Å². The van der Waals surface area contributed by atoms with Crippen LogP contribution >= 0.6 is 0 Å². The molecule has 1 N–H and O–H groups in total. The molecule has 7 heteroatoms. The summed E-state index contributed by atoms with van der Waals surface area (Å²) in [6, 6.07) is 0. The zero-order valence-corrected chi connectivity index (χ0v) is 18.4. The molecule has 2 saturated heterocycles. The minimum Gasteiger partial charge on any atom is -0.410 e. The average Bonchev–Trinajstić information content (AvgIpc) is 2.92. The summed E-state index contributed by atoms with van der Waals surface area (Å²) < 4.78 is 23.3. The molecule has 0 amide bonds. The summed E-state index contributed by atoms with van der Waals surface area (Å²) in [5.41, 5.74) is 0.438. The van der Waals surface area contributed by atoms with E-state index < -0.39 is 0 Å². The molecule has 3 unspecified atom stereocenters. The quantitative estimate of drug-likeness (QED) is 0.743. The fourth-order valence-electron chi connectivity index (χ4n) is 5.24. The molecule has 4 atom stereocenters. The number of rotatable bonds is 2. The predicted octanol–water partition coefficient (Wildman–Crippen LogP) is 3.65. The minimum atomic E-state index is -0.0206. The van der Waals surface area contributed by atoms with Gasteiger partial charge in [0.05, 0.1) is 11.7 Å². The molecule has 27 heavy (non-hydrogen) atoms. The second-order valence-electron chi connectivity index (χ2n) is 10.2. The third-order valence-corrected chi connectivity index (χ3v) is 7.18. The summed E-state index contributed by atoms with van der Waals surface area (Å²) in [5, 5.41) is 3.20. The van der Waals surface area contributed by atoms with Crippen molar-refractivity contribution in [3.8, 4) is 0 Å². The highest BCUT2D eigenvalue weighted by atomic mass is 16.7. The fraction of sp³-hybridized carbons (Fsp3) is 1.00. The van der Waals surface area contributed by atoms with Crippen molar-refractivity contribution in [1.82, 2.24) is 5.32 Å². The van der Waals surface area contributed by atoms with Crippen molar-refractivity contribution in [1.29, 1.82) is 0 Å². The van der Waals surface area contributed by atoms with E-state index in [1.165, 1.54) is 12.8 Å². The molecule has 0 aromatic carbocycles. The monoisotopic (exact) mass is 379 g/mol. The highest BCUT2D eigenvalue weighted by Gasteiger charge is 2.67. The van der Waals surface area contributed by atoms with Gasteiger partial charge in [0.1, 0.15) is 0 Å². The smallest absolute Gasteiger partial charge is 0.410 e. The van der Waals surface area contributed by atoms with Crippen molar-refractivity contribution < 1.29 is 18.6 Å². The van der Waals surface area contributed by atoms with Gasteiger partial charge in [-0.1, -0.05) is 41.5 Å². The summed E-state index contributed by atoms with van der Waals surface area (Å²) in [7, 11) is 0.0160. The van der Waals surface area contributed by atoms with Crippen LogP contribution in [0.1, 0.15) is 61.3 Å². The number of hydrogen-bond acceptors (Lipinski definition) is 5. The minimum absolute atomic E-state index is 0.00269. The van der Waals surface area contributed by atoms with Crippen LogP contribution in [0.5, 0.6) is 0 Å². The summed E-state index contributed by atoms with van der Waals surface area (Å²) in [6.45, 7) is 19.0. The SMILES string of the molecule is CC(C)B1OC2CC3CC(C3(C)C)[C@]2(C)O1.CC(C)B1OCCNCCO1. The Morgan fingerprint density at radius 3 is 2.00 bits per heavy atom. The zero-order chi connectivity index (χ0) is 19.8. The maximum Gasteiger partial charge on any atom is 0.460 e. The summed E-state index contributed by atoms with van der Waals surface area (Å²) in [4.78, 5) is 0. The molecule has 5 rings (SSSR count). The van der Waals surface area contributed by atoms with Crippen LogP contribution in [0.4, 0.5) is 0 Å². The highest BCUT2D eigenvalue weighted by Crippen LogP contribution is 2.66. The Labute approximate surface area is 166 Å². The van der Waals surface area contributed by atoms with Crippen LogP contribution in [-0.4, -0.2) is 52.2 Å². The maximum absolute atomic E-state index is 6.28. The molecule has 0 aromatic heterocycles. The van der Waals surface area contributed by atoms with Crippen LogP contribution in [0.2, 0.25) is 11.6 Å². The molecular weight excluding hydrogens is 340 g/mol. The molecule has 5 nitrogen and oxygen atoms in total. The Hall–Kier alpha value is -0.0701. The van der Waals surface area contributed by atoms with E-state index in [4.69, 9.17) is 18.6 Å². The van der Waals surface area contributed by atoms with Crippen LogP contribution in [0.3, 0.4) is 0 Å². The van der Waals surface area contributed by atoms with Crippen molar-refractivity contribution in [2.45, 2.75) is 84.6 Å². The Kier molecular flexibility index (Phi) is 6.69. The molecule has 2 heterocycles. The van der Waals surface area contributed by atoms with Gasteiger partial charge in [-0.05, 0) is 48.7 Å². The first-order chi connectivity index (χ1) is 12.7. The van der Waals surface area contributed by atoms with Crippen molar-refractivity contribution in [3.63, 3.8) is 0 Å². The Balaban J connectivity index is 0.000000168. The second-order valence-corrected chi connectivity index (χ2v) is 10.2. The highest BCUT2D eigenvalue weighted by molar-refractivity contribution is 6.47. The lowest BCUT2D eigenvalue weighted by atomic mass is 9.43. The first kappa shape index (κ1) is 21.6. The Morgan fingerprint density at radius 1 is 0.889 bits per heavy atom. The van der Waals surface area contributed by atoms with Crippen LogP contribution < -0.4 is 5.32 Å². The average molecular weight is 379 g/mol. The number of nitrogens with one attached hydrogen (secondary N) is 1. The molecule has 3 aliphatic carbocycles. The van der Waals surface area contributed by atoms with Crippen molar-refractivity contribution >= 4 is 14.2 Å². The predicted molar refractivity (Wildman–Crippen MR) is 111 cm³/mol. The van der Waals surface area contributed by atoms with E-state index in [1.807, 2.05) is 0 Å². The van der Waals surface area contributed by atoms with Gasteiger partial charge in [0.2, 0.25) is 0 Å². The number of hydrogen-bond donors (Lipinski definition) is 1. The summed E-state index contributed by atoms with van der Waals surface area (Å²) in [6.07, 6.45) is 2.88. The molecule has 0 aromatic rings. The molecule has 2 bridgehead atoms. The summed E-state index contributed by atoms with van der Waals surface area (Å²) >= 11 is 0. The lowest BCUT2D eigenvalue weighted by molar-refractivity contribution is -0.199. The van der Waals surface area contributed by atoms with Gasteiger partial charge in [-0.2, -0.15) is 0 Å². The van der Waals surface area contributed by atoms with E-state index in [0.717, 1.165) is 32.2 Å². The van der Waals surface area contributed by atoms with Crippen LogP contribution in [0.25, 0.3) is 0 Å². The topological polar surface area (TPSA) is 49.0 Å². The lowest BCUT2D eigenvalue weighted by Gasteiger charge is -2.64. The van der Waals surface area contributed by atoms with Gasteiger partial charge in [0, 0.05) is 26.3 Å². The molecule has 2 aliphatic heterocycles. The van der Waals surface area contributed by atoms with Gasteiger partial charge < -0.3 is 23.9 Å². The third kappa shape index (κ3) is 4.28. The van der Waals surface area contributed by atoms with E-state index in [-0.39, 0.29) is 19.8 Å². The Bertz CT molecular complexity index is 496. The van der Waals surface area contributed by atoms with E-state index >= 15 is 0 Å². The van der Waals surface area contributed by atoms with Crippen LogP contribution in [-0.2, 0) is 18.6 Å². The van der Waals surface area contributed by atoms with Gasteiger partial charge in [0.25, 0.3) is 0 Å². The first-order valence-electron chi connectivity index (χ1n) is 10.9. The maximum atomic E-state index is 6.28. The third-order valence-electron chi connectivity index (χ3n) is 7.18. The standard InChI is InChI=1S/C13H23BO2.C7H16BNO2/c1-8(2)14-15-11-7-9-6-10(12(9,3)4)13(11,5)16-14;1-7(2)8-10-5-3-9-4-6-11-8/h8-11H,6-7H2,1-5H3;7,9H,3-6H2,1-2H3/t9?,10?,11?,13-;/m0./s1. The van der Waals surface area contributed by atoms with E-state index in [0.29, 0.717) is 29.1 Å². The second kappa shape index (κ2) is 8.35. The van der Waals surface area contributed by atoms with Gasteiger partial charge in [-0.3, -0.25) is 0 Å². The largest absolute Gasteiger partial charge is 0.460 e. The summed E-state index contributed by atoms with van der Waals surface area (Å²) in [5.74, 6) is 2.45. The molecule has 3 saturated carbocycles. The normalized spacial score (nSPS) is 37.9. The van der Waals surface area contributed by atoms with Crippen molar-refractivity contribution in [3.05, 3.63) is 0 Å².